The molecule has 1 aliphatic carbocycles. The van der Waals surface area contributed by atoms with Crippen molar-refractivity contribution in [3.05, 3.63) is 35.1 Å². The summed E-state index contributed by atoms with van der Waals surface area (Å²) in [5.41, 5.74) is 1.91. The average molecular weight is 389 g/mol. The van der Waals surface area contributed by atoms with Crippen molar-refractivity contribution in [2.45, 2.75) is 38.5 Å². The van der Waals surface area contributed by atoms with Crippen LogP contribution in [0.2, 0.25) is 0 Å². The second-order valence-electron chi connectivity index (χ2n) is 6.44. The number of ether oxygens (including phenoxy) is 3. The summed E-state index contributed by atoms with van der Waals surface area (Å²) in [4.78, 5) is 28.2. The fourth-order valence-electron chi connectivity index (χ4n) is 3.12. The number of methoxy groups -OCH3 is 3. The highest BCUT2D eigenvalue weighted by Crippen LogP contribution is 2.28. The standard InChI is InChI=1S/C21H27NO6/c1-26-18-9-7-14(13-19(18)27-2)11-12-22-15-5-4-6-16(23)21(15)17(24)8-10-20(25)28-3/h7,9,13,24H,4-6,8,10-12H2,1-3H3. The first-order valence-electron chi connectivity index (χ1n) is 9.26. The molecule has 152 valence electrons. The van der Waals surface area contributed by atoms with Gasteiger partial charge >= 0.3 is 5.97 Å². The van der Waals surface area contributed by atoms with Crippen LogP contribution in [0.3, 0.4) is 0 Å². The molecule has 1 aliphatic rings. The van der Waals surface area contributed by atoms with E-state index >= 15 is 0 Å². The van der Waals surface area contributed by atoms with Crippen LogP contribution in [0.1, 0.15) is 37.7 Å². The number of Topliss-reactive ketones (excluding diaryl/α,β-unsaturated/α-hetero) is 1. The molecule has 1 aromatic carbocycles. The van der Waals surface area contributed by atoms with Gasteiger partial charge in [-0.05, 0) is 37.0 Å². The van der Waals surface area contributed by atoms with Crippen molar-refractivity contribution in [3.8, 4) is 11.5 Å². The summed E-state index contributed by atoms with van der Waals surface area (Å²) in [5.74, 6) is 0.679. The molecule has 1 N–H and O–H groups in total. The Kier molecular flexibility index (Phi) is 8.04. The number of carbonyl (C=O) groups excluding carboxylic acids is 2. The molecular weight excluding hydrogens is 362 g/mol. The van der Waals surface area contributed by atoms with Crippen molar-refractivity contribution in [2.75, 3.05) is 27.9 Å². The van der Waals surface area contributed by atoms with Crippen LogP contribution in [0.5, 0.6) is 11.5 Å². The summed E-state index contributed by atoms with van der Waals surface area (Å²) in [6.45, 7) is 0.478. The number of hydrogen-bond acceptors (Lipinski definition) is 7. The van der Waals surface area contributed by atoms with Crippen LogP contribution in [-0.4, -0.2) is 50.4 Å². The largest absolute Gasteiger partial charge is 0.511 e. The molecule has 28 heavy (non-hydrogen) atoms. The highest BCUT2D eigenvalue weighted by atomic mass is 16.5. The first-order valence-corrected chi connectivity index (χ1v) is 9.26. The monoisotopic (exact) mass is 389 g/mol. The number of benzene rings is 1. The number of aliphatic imine (C=N–C) groups is 1. The van der Waals surface area contributed by atoms with Crippen LogP contribution < -0.4 is 9.47 Å². The van der Waals surface area contributed by atoms with E-state index in [1.54, 1.807) is 14.2 Å². The molecule has 0 aromatic heterocycles. The fraction of sp³-hybridized carbons (Fsp3) is 0.476. The van der Waals surface area contributed by atoms with Crippen molar-refractivity contribution < 1.29 is 28.9 Å². The Morgan fingerprint density at radius 2 is 1.86 bits per heavy atom. The number of aliphatic hydroxyl groups excluding tert-OH is 1. The van der Waals surface area contributed by atoms with Crippen LogP contribution in [0.15, 0.2) is 34.5 Å². The molecule has 0 spiro atoms. The zero-order valence-electron chi connectivity index (χ0n) is 16.6. The summed E-state index contributed by atoms with van der Waals surface area (Å²) in [6.07, 6.45) is 2.48. The topological polar surface area (TPSA) is 94.4 Å². The lowest BCUT2D eigenvalue weighted by Gasteiger charge is -2.18. The van der Waals surface area contributed by atoms with E-state index in [-0.39, 0.29) is 30.0 Å². The lowest BCUT2D eigenvalue weighted by atomic mass is 9.89. The average Bonchev–Trinajstić information content (AvgIpc) is 2.71. The summed E-state index contributed by atoms with van der Waals surface area (Å²) in [5, 5.41) is 10.3. The first-order chi connectivity index (χ1) is 13.5. The molecule has 0 atom stereocenters. The smallest absolute Gasteiger partial charge is 0.305 e. The molecule has 0 saturated heterocycles. The number of rotatable bonds is 8. The highest BCUT2D eigenvalue weighted by molar-refractivity contribution is 6.24. The predicted octanol–water partition coefficient (Wildman–Crippen LogP) is 3.21. The van der Waals surface area contributed by atoms with E-state index in [4.69, 9.17) is 9.47 Å². The van der Waals surface area contributed by atoms with E-state index in [0.717, 1.165) is 5.56 Å². The Labute approximate surface area is 165 Å². The molecule has 0 amide bonds. The van der Waals surface area contributed by atoms with E-state index < -0.39 is 5.97 Å². The van der Waals surface area contributed by atoms with Gasteiger partial charge < -0.3 is 19.3 Å². The summed E-state index contributed by atoms with van der Waals surface area (Å²) in [7, 11) is 4.47. The molecule has 0 radical (unpaired) electrons. The Bertz CT molecular complexity index is 781. The van der Waals surface area contributed by atoms with E-state index in [2.05, 4.69) is 9.73 Å². The number of nitrogens with zero attached hydrogens (tertiary/aromatic N) is 1. The van der Waals surface area contributed by atoms with Crippen LogP contribution in [0.25, 0.3) is 0 Å². The Morgan fingerprint density at radius 1 is 1.11 bits per heavy atom. The number of hydrogen-bond donors (Lipinski definition) is 1. The number of allylic oxidation sites excluding steroid dienone is 2. The lowest BCUT2D eigenvalue weighted by molar-refractivity contribution is -0.140. The lowest BCUT2D eigenvalue weighted by Crippen LogP contribution is -2.22. The quantitative estimate of drug-likeness (QED) is 0.417. The van der Waals surface area contributed by atoms with Gasteiger partial charge in [-0.25, -0.2) is 0 Å². The Balaban J connectivity index is 2.11. The van der Waals surface area contributed by atoms with Gasteiger partial charge in [-0.2, -0.15) is 0 Å². The third kappa shape index (κ3) is 5.58. The van der Waals surface area contributed by atoms with Gasteiger partial charge in [0.05, 0.1) is 33.3 Å². The summed E-state index contributed by atoms with van der Waals surface area (Å²) < 4.78 is 15.1. The molecule has 1 aromatic rings. The van der Waals surface area contributed by atoms with Crippen LogP contribution in [0.4, 0.5) is 0 Å². The Hall–Kier alpha value is -2.83. The van der Waals surface area contributed by atoms with Crippen LogP contribution in [0, 0.1) is 0 Å². The molecule has 1 saturated carbocycles. The van der Waals surface area contributed by atoms with E-state index in [9.17, 15) is 14.7 Å². The van der Waals surface area contributed by atoms with E-state index in [0.29, 0.717) is 49.4 Å². The molecule has 0 bridgehead atoms. The SMILES string of the molecule is COC(=O)CCC(O)=C1C(=O)CCCC1=NCCc1ccc(OC)c(OC)c1. The van der Waals surface area contributed by atoms with Gasteiger partial charge in [0.2, 0.25) is 0 Å². The number of ketones is 1. The van der Waals surface area contributed by atoms with Crippen molar-refractivity contribution in [1.82, 2.24) is 0 Å². The molecule has 0 unspecified atom stereocenters. The zero-order valence-corrected chi connectivity index (χ0v) is 16.6. The van der Waals surface area contributed by atoms with Gasteiger partial charge in [-0.1, -0.05) is 6.07 Å². The van der Waals surface area contributed by atoms with E-state index in [1.165, 1.54) is 7.11 Å². The van der Waals surface area contributed by atoms with Crippen LogP contribution in [-0.2, 0) is 20.7 Å². The minimum atomic E-state index is -0.428. The number of carbonyl (C=O) groups is 2. The second kappa shape index (κ2) is 10.5. The van der Waals surface area contributed by atoms with Crippen LogP contribution >= 0.6 is 0 Å². The maximum Gasteiger partial charge on any atom is 0.305 e. The molecule has 0 aliphatic heterocycles. The predicted molar refractivity (Wildman–Crippen MR) is 105 cm³/mol. The third-order valence-corrected chi connectivity index (χ3v) is 4.62. The minimum absolute atomic E-state index is 0.0258. The fourth-order valence-corrected chi connectivity index (χ4v) is 3.12. The van der Waals surface area contributed by atoms with Gasteiger partial charge in [0.25, 0.3) is 0 Å². The number of aliphatic hydroxyl groups is 1. The maximum absolute atomic E-state index is 12.3. The maximum atomic E-state index is 12.3. The summed E-state index contributed by atoms with van der Waals surface area (Å²) >= 11 is 0. The number of esters is 1. The van der Waals surface area contributed by atoms with E-state index in [1.807, 2.05) is 18.2 Å². The molecule has 0 heterocycles. The molecule has 1 fully saturated rings. The van der Waals surface area contributed by atoms with Gasteiger partial charge in [0, 0.05) is 25.1 Å². The van der Waals surface area contributed by atoms with Crippen molar-refractivity contribution in [3.63, 3.8) is 0 Å². The third-order valence-electron chi connectivity index (χ3n) is 4.62. The van der Waals surface area contributed by atoms with Crippen molar-refractivity contribution in [2.24, 2.45) is 4.99 Å². The molecular formula is C21H27NO6. The van der Waals surface area contributed by atoms with Gasteiger partial charge in [0.1, 0.15) is 5.76 Å². The molecule has 7 heteroatoms. The first kappa shape index (κ1) is 21.5. The van der Waals surface area contributed by atoms with Crippen molar-refractivity contribution in [1.29, 1.82) is 0 Å². The molecule has 2 rings (SSSR count). The normalized spacial score (nSPS) is 17.4. The van der Waals surface area contributed by atoms with Crippen molar-refractivity contribution >= 4 is 17.5 Å². The molecule has 7 nitrogen and oxygen atoms in total. The minimum Gasteiger partial charge on any atom is -0.511 e. The van der Waals surface area contributed by atoms with Gasteiger partial charge in [-0.15, -0.1) is 0 Å². The van der Waals surface area contributed by atoms with Gasteiger partial charge in [0.15, 0.2) is 17.3 Å². The zero-order chi connectivity index (χ0) is 20.5. The summed E-state index contributed by atoms with van der Waals surface area (Å²) in [6, 6.07) is 5.68. The Morgan fingerprint density at radius 3 is 2.54 bits per heavy atom. The van der Waals surface area contributed by atoms with Gasteiger partial charge in [-0.3, -0.25) is 14.6 Å². The highest BCUT2D eigenvalue weighted by Gasteiger charge is 2.25. The second-order valence-corrected chi connectivity index (χ2v) is 6.44.